The molecule has 4 heteroatoms. The molecule has 2 rings (SSSR count). The van der Waals surface area contributed by atoms with Crippen molar-refractivity contribution in [1.82, 2.24) is 0 Å². The number of methoxy groups -OCH3 is 1. The summed E-state index contributed by atoms with van der Waals surface area (Å²) in [7, 11) is 1.37. The van der Waals surface area contributed by atoms with E-state index in [0.29, 0.717) is 0 Å². The lowest BCUT2D eigenvalue weighted by atomic mass is 10.2. The number of nitrogens with one attached hydrogen (secondary N) is 1. The first-order valence-electron chi connectivity index (χ1n) is 4.78. The molecule has 0 bridgehead atoms. The van der Waals surface area contributed by atoms with Gasteiger partial charge in [0.1, 0.15) is 11.4 Å². The van der Waals surface area contributed by atoms with Crippen LogP contribution in [0.15, 0.2) is 24.3 Å². The summed E-state index contributed by atoms with van der Waals surface area (Å²) in [4.78, 5) is 11.4. The van der Waals surface area contributed by atoms with Crippen molar-refractivity contribution < 1.29 is 13.9 Å². The Kier molecular flexibility index (Phi) is 2.34. The zero-order valence-corrected chi connectivity index (χ0v) is 8.42. The fourth-order valence-electron chi connectivity index (χ4n) is 1.51. The molecular formula is C11H12FNO2. The van der Waals surface area contributed by atoms with Gasteiger partial charge in [-0.05, 0) is 37.1 Å². The molecule has 0 spiro atoms. The van der Waals surface area contributed by atoms with Crippen molar-refractivity contribution in [2.45, 2.75) is 18.4 Å². The highest BCUT2D eigenvalue weighted by atomic mass is 19.1. The van der Waals surface area contributed by atoms with E-state index < -0.39 is 5.54 Å². The summed E-state index contributed by atoms with van der Waals surface area (Å²) in [6, 6.07) is 5.93. The van der Waals surface area contributed by atoms with E-state index in [1.54, 1.807) is 12.1 Å². The van der Waals surface area contributed by atoms with Crippen molar-refractivity contribution in [3.63, 3.8) is 0 Å². The van der Waals surface area contributed by atoms with Gasteiger partial charge in [0.25, 0.3) is 0 Å². The highest BCUT2D eigenvalue weighted by Gasteiger charge is 2.51. The number of ether oxygens (including phenoxy) is 1. The van der Waals surface area contributed by atoms with Crippen LogP contribution in [-0.2, 0) is 9.53 Å². The molecule has 0 atom stereocenters. The van der Waals surface area contributed by atoms with Crippen LogP contribution in [0.3, 0.4) is 0 Å². The van der Waals surface area contributed by atoms with E-state index in [1.807, 2.05) is 0 Å². The molecule has 1 aromatic rings. The molecule has 1 aliphatic rings. The Morgan fingerprint density at radius 1 is 1.40 bits per heavy atom. The highest BCUT2D eigenvalue weighted by molar-refractivity contribution is 5.87. The number of esters is 1. The Hall–Kier alpha value is -1.58. The lowest BCUT2D eigenvalue weighted by Crippen LogP contribution is -2.32. The monoisotopic (exact) mass is 209 g/mol. The quantitative estimate of drug-likeness (QED) is 0.773. The lowest BCUT2D eigenvalue weighted by Gasteiger charge is -2.15. The third-order valence-corrected chi connectivity index (χ3v) is 2.55. The smallest absolute Gasteiger partial charge is 0.331 e. The normalized spacial score (nSPS) is 16.9. The van der Waals surface area contributed by atoms with Crippen molar-refractivity contribution in [2.24, 2.45) is 0 Å². The van der Waals surface area contributed by atoms with E-state index >= 15 is 0 Å². The van der Waals surface area contributed by atoms with Gasteiger partial charge >= 0.3 is 5.97 Å². The zero-order valence-electron chi connectivity index (χ0n) is 8.42. The minimum atomic E-state index is -0.577. The third kappa shape index (κ3) is 1.93. The van der Waals surface area contributed by atoms with Crippen molar-refractivity contribution >= 4 is 11.7 Å². The summed E-state index contributed by atoms with van der Waals surface area (Å²) in [5.41, 5.74) is 0.159. The molecule has 1 N–H and O–H groups in total. The number of rotatable bonds is 3. The maximum Gasteiger partial charge on any atom is 0.331 e. The molecule has 0 aromatic heterocycles. The largest absolute Gasteiger partial charge is 0.467 e. The number of carbonyl (C=O) groups is 1. The van der Waals surface area contributed by atoms with Gasteiger partial charge in [-0.15, -0.1) is 0 Å². The molecule has 15 heavy (non-hydrogen) atoms. The van der Waals surface area contributed by atoms with E-state index in [1.165, 1.54) is 19.2 Å². The Labute approximate surface area is 87.2 Å². The standard InChI is InChI=1S/C11H12FNO2/c1-15-10(14)11(6-7-11)13-9-4-2-8(12)3-5-9/h2-5,13H,6-7H2,1H3. The maximum atomic E-state index is 12.6. The van der Waals surface area contributed by atoms with Crippen molar-refractivity contribution in [3.05, 3.63) is 30.1 Å². The fourth-order valence-corrected chi connectivity index (χ4v) is 1.51. The molecule has 0 unspecified atom stereocenters. The van der Waals surface area contributed by atoms with Crippen LogP contribution in [-0.4, -0.2) is 18.6 Å². The Bertz CT molecular complexity index is 371. The summed E-state index contributed by atoms with van der Waals surface area (Å²) in [6.45, 7) is 0. The first-order chi connectivity index (χ1) is 7.16. The average Bonchev–Trinajstić information content (AvgIpc) is 3.01. The molecular weight excluding hydrogens is 197 g/mol. The van der Waals surface area contributed by atoms with Crippen molar-refractivity contribution in [3.8, 4) is 0 Å². The van der Waals surface area contributed by atoms with Crippen LogP contribution in [0.4, 0.5) is 10.1 Å². The Balaban J connectivity index is 2.09. The minimum Gasteiger partial charge on any atom is -0.467 e. The number of halogens is 1. The SMILES string of the molecule is COC(=O)C1(Nc2ccc(F)cc2)CC1. The van der Waals surface area contributed by atoms with Gasteiger partial charge in [-0.2, -0.15) is 0 Å². The minimum absolute atomic E-state index is 0.258. The van der Waals surface area contributed by atoms with E-state index in [0.717, 1.165) is 18.5 Å². The molecule has 0 radical (unpaired) electrons. The molecule has 1 aliphatic carbocycles. The van der Waals surface area contributed by atoms with E-state index in [2.05, 4.69) is 5.32 Å². The number of benzene rings is 1. The van der Waals surface area contributed by atoms with Crippen LogP contribution in [0.5, 0.6) is 0 Å². The van der Waals surface area contributed by atoms with Gasteiger partial charge in [0.2, 0.25) is 0 Å². The lowest BCUT2D eigenvalue weighted by molar-refractivity contribution is -0.142. The second-order valence-electron chi connectivity index (χ2n) is 3.71. The number of anilines is 1. The van der Waals surface area contributed by atoms with Crippen LogP contribution >= 0.6 is 0 Å². The second-order valence-corrected chi connectivity index (χ2v) is 3.71. The average molecular weight is 209 g/mol. The van der Waals surface area contributed by atoms with Crippen LogP contribution in [0, 0.1) is 5.82 Å². The first kappa shape index (κ1) is 9.96. The summed E-state index contributed by atoms with van der Waals surface area (Å²) in [5, 5.41) is 3.07. The predicted molar refractivity (Wildman–Crippen MR) is 54.0 cm³/mol. The van der Waals surface area contributed by atoms with E-state index in [4.69, 9.17) is 4.74 Å². The predicted octanol–water partition coefficient (Wildman–Crippen LogP) is 1.94. The molecule has 1 saturated carbocycles. The number of hydrogen-bond acceptors (Lipinski definition) is 3. The van der Waals surface area contributed by atoms with Gasteiger partial charge < -0.3 is 10.1 Å². The van der Waals surface area contributed by atoms with Crippen molar-refractivity contribution in [1.29, 1.82) is 0 Å². The number of carbonyl (C=O) groups excluding carboxylic acids is 1. The van der Waals surface area contributed by atoms with Gasteiger partial charge in [-0.3, -0.25) is 0 Å². The van der Waals surface area contributed by atoms with Crippen LogP contribution < -0.4 is 5.32 Å². The van der Waals surface area contributed by atoms with E-state index in [-0.39, 0.29) is 11.8 Å². The number of hydrogen-bond donors (Lipinski definition) is 1. The fraction of sp³-hybridized carbons (Fsp3) is 0.364. The summed E-state index contributed by atoms with van der Waals surface area (Å²) >= 11 is 0. The highest BCUT2D eigenvalue weighted by Crippen LogP contribution is 2.39. The van der Waals surface area contributed by atoms with E-state index in [9.17, 15) is 9.18 Å². The Morgan fingerprint density at radius 3 is 2.47 bits per heavy atom. The van der Waals surface area contributed by atoms with Crippen LogP contribution in [0.1, 0.15) is 12.8 Å². The molecule has 0 amide bonds. The molecule has 0 saturated heterocycles. The van der Waals surface area contributed by atoms with Crippen LogP contribution in [0.2, 0.25) is 0 Å². The first-order valence-corrected chi connectivity index (χ1v) is 4.78. The topological polar surface area (TPSA) is 38.3 Å². The van der Waals surface area contributed by atoms with Crippen molar-refractivity contribution in [2.75, 3.05) is 12.4 Å². The van der Waals surface area contributed by atoms with Gasteiger partial charge in [0.15, 0.2) is 0 Å². The van der Waals surface area contributed by atoms with Gasteiger partial charge in [-0.25, -0.2) is 9.18 Å². The van der Waals surface area contributed by atoms with Crippen LogP contribution in [0.25, 0.3) is 0 Å². The molecule has 1 aromatic carbocycles. The van der Waals surface area contributed by atoms with Gasteiger partial charge in [0.05, 0.1) is 7.11 Å². The molecule has 0 heterocycles. The summed E-state index contributed by atoms with van der Waals surface area (Å²) in [5.74, 6) is -0.546. The zero-order chi connectivity index (χ0) is 10.9. The maximum absolute atomic E-state index is 12.6. The molecule has 80 valence electrons. The third-order valence-electron chi connectivity index (χ3n) is 2.55. The van der Waals surface area contributed by atoms with Gasteiger partial charge in [0, 0.05) is 5.69 Å². The second kappa shape index (κ2) is 3.53. The molecule has 0 aliphatic heterocycles. The molecule has 1 fully saturated rings. The summed E-state index contributed by atoms with van der Waals surface area (Å²) < 4.78 is 17.3. The summed E-state index contributed by atoms with van der Waals surface area (Å²) in [6.07, 6.45) is 1.52. The Morgan fingerprint density at radius 2 is 2.00 bits per heavy atom. The van der Waals surface area contributed by atoms with Gasteiger partial charge in [-0.1, -0.05) is 0 Å². The molecule has 3 nitrogen and oxygen atoms in total.